The summed E-state index contributed by atoms with van der Waals surface area (Å²) in [6.45, 7) is 5.74. The fraction of sp³-hybridized carbons (Fsp3) is 0.579. The van der Waals surface area contributed by atoms with E-state index in [4.69, 9.17) is 0 Å². The van der Waals surface area contributed by atoms with Crippen molar-refractivity contribution in [2.75, 3.05) is 32.4 Å². The zero-order valence-electron chi connectivity index (χ0n) is 16.7. The second-order valence-corrected chi connectivity index (χ2v) is 9.16. The van der Waals surface area contributed by atoms with Crippen LogP contribution in [0.5, 0.6) is 0 Å². The summed E-state index contributed by atoms with van der Waals surface area (Å²) in [5.41, 5.74) is 0. The van der Waals surface area contributed by atoms with Crippen LogP contribution in [0.15, 0.2) is 40.2 Å². The Hall–Kier alpha value is -1.36. The molecule has 2 N–H and O–H groups in total. The van der Waals surface area contributed by atoms with Gasteiger partial charge in [0.2, 0.25) is 5.91 Å². The van der Waals surface area contributed by atoms with Gasteiger partial charge in [-0.1, -0.05) is 32.0 Å². The number of carbonyl (C=O) groups excluding carboxylic acids is 1. The fourth-order valence-corrected chi connectivity index (χ4v) is 4.38. The maximum Gasteiger partial charge on any atom is 0.225 e. The highest BCUT2D eigenvalue weighted by Crippen LogP contribution is 2.13. The number of halogens is 1. The van der Waals surface area contributed by atoms with Crippen molar-refractivity contribution in [1.29, 1.82) is 0 Å². The van der Waals surface area contributed by atoms with Crippen LogP contribution < -0.4 is 10.6 Å². The van der Waals surface area contributed by atoms with Crippen molar-refractivity contribution in [3.63, 3.8) is 0 Å². The van der Waals surface area contributed by atoms with Crippen LogP contribution in [0.1, 0.15) is 26.7 Å². The highest BCUT2D eigenvalue weighted by atomic mass is 127. The van der Waals surface area contributed by atoms with Crippen molar-refractivity contribution in [3.05, 3.63) is 30.3 Å². The summed E-state index contributed by atoms with van der Waals surface area (Å²) in [6.07, 6.45) is 1.36. The molecule has 0 saturated carbocycles. The van der Waals surface area contributed by atoms with Crippen molar-refractivity contribution in [1.82, 2.24) is 15.5 Å². The summed E-state index contributed by atoms with van der Waals surface area (Å²) < 4.78 is 24.5. The Bertz CT molecular complexity index is 754. The first kappa shape index (κ1) is 24.7. The number of guanidine groups is 1. The van der Waals surface area contributed by atoms with E-state index in [1.807, 2.05) is 18.7 Å². The van der Waals surface area contributed by atoms with Crippen molar-refractivity contribution in [2.24, 2.45) is 10.9 Å². The standard InChI is InChI=1S/C19H30N4O3S.HI/c1-15(2)18(24)23-12-10-16(14-23)22-19(20-3)21-11-7-13-27(25,26)17-8-5-4-6-9-17;/h4-6,8-9,15-16H,7,10-14H2,1-3H3,(H2,20,21,22);1H. The minimum Gasteiger partial charge on any atom is -0.356 e. The lowest BCUT2D eigenvalue weighted by molar-refractivity contribution is -0.133. The first-order chi connectivity index (χ1) is 12.8. The lowest BCUT2D eigenvalue weighted by Gasteiger charge is -2.20. The molecule has 1 unspecified atom stereocenters. The van der Waals surface area contributed by atoms with Crippen LogP contribution in [-0.4, -0.2) is 63.7 Å². The van der Waals surface area contributed by atoms with Gasteiger partial charge in [-0.05, 0) is 25.0 Å². The second-order valence-electron chi connectivity index (χ2n) is 7.05. The lowest BCUT2D eigenvalue weighted by atomic mass is 10.2. The fourth-order valence-electron chi connectivity index (χ4n) is 3.05. The second kappa shape index (κ2) is 11.6. The normalized spacial score (nSPS) is 17.4. The molecule has 1 aliphatic heterocycles. The monoisotopic (exact) mass is 522 g/mol. The van der Waals surface area contributed by atoms with E-state index in [0.717, 1.165) is 13.0 Å². The van der Waals surface area contributed by atoms with Gasteiger partial charge in [-0.15, -0.1) is 24.0 Å². The summed E-state index contributed by atoms with van der Waals surface area (Å²) >= 11 is 0. The van der Waals surface area contributed by atoms with E-state index in [2.05, 4.69) is 15.6 Å². The molecule has 0 bridgehead atoms. The van der Waals surface area contributed by atoms with Gasteiger partial charge < -0.3 is 15.5 Å². The summed E-state index contributed by atoms with van der Waals surface area (Å²) in [7, 11) is -1.57. The summed E-state index contributed by atoms with van der Waals surface area (Å²) in [4.78, 5) is 18.5. The maximum absolute atomic E-state index is 12.3. The quantitative estimate of drug-likeness (QED) is 0.247. The summed E-state index contributed by atoms with van der Waals surface area (Å²) in [5.74, 6) is 0.901. The smallest absolute Gasteiger partial charge is 0.225 e. The van der Waals surface area contributed by atoms with Gasteiger partial charge in [0.15, 0.2) is 15.8 Å². The van der Waals surface area contributed by atoms with Crippen LogP contribution >= 0.6 is 24.0 Å². The van der Waals surface area contributed by atoms with Gasteiger partial charge in [-0.2, -0.15) is 0 Å². The topological polar surface area (TPSA) is 90.9 Å². The molecular formula is C19H31IN4O3S. The van der Waals surface area contributed by atoms with E-state index in [1.165, 1.54) is 0 Å². The third-order valence-electron chi connectivity index (χ3n) is 4.54. The average Bonchev–Trinajstić information content (AvgIpc) is 3.12. The number of nitrogens with zero attached hydrogens (tertiary/aromatic N) is 2. The number of carbonyl (C=O) groups is 1. The van der Waals surface area contributed by atoms with Gasteiger partial charge in [0, 0.05) is 38.6 Å². The Kier molecular flexibility index (Phi) is 10.2. The molecule has 0 radical (unpaired) electrons. The number of hydrogen-bond acceptors (Lipinski definition) is 4. The van der Waals surface area contributed by atoms with Crippen molar-refractivity contribution in [2.45, 2.75) is 37.6 Å². The Morgan fingerprint density at radius 1 is 1.29 bits per heavy atom. The first-order valence-electron chi connectivity index (χ1n) is 9.37. The van der Waals surface area contributed by atoms with E-state index in [9.17, 15) is 13.2 Å². The van der Waals surface area contributed by atoms with Gasteiger partial charge in [-0.25, -0.2) is 8.42 Å². The van der Waals surface area contributed by atoms with Crippen LogP contribution in [-0.2, 0) is 14.6 Å². The molecule has 1 atom stereocenters. The number of aliphatic imine (C=N–C) groups is 1. The van der Waals surface area contributed by atoms with Crippen molar-refractivity contribution >= 4 is 45.7 Å². The molecule has 2 rings (SSSR count). The number of hydrogen-bond donors (Lipinski definition) is 2. The van der Waals surface area contributed by atoms with Gasteiger partial charge in [0.1, 0.15) is 0 Å². The maximum atomic E-state index is 12.3. The van der Waals surface area contributed by atoms with E-state index in [0.29, 0.717) is 30.4 Å². The summed E-state index contributed by atoms with van der Waals surface area (Å²) in [6, 6.07) is 8.65. The van der Waals surface area contributed by atoms with Crippen LogP contribution in [0, 0.1) is 5.92 Å². The zero-order valence-corrected chi connectivity index (χ0v) is 19.9. The number of nitrogens with one attached hydrogen (secondary N) is 2. The molecule has 1 fully saturated rings. The van der Waals surface area contributed by atoms with Gasteiger partial charge in [0.25, 0.3) is 0 Å². The molecule has 1 aliphatic rings. The molecule has 1 aromatic carbocycles. The molecule has 0 aromatic heterocycles. The van der Waals surface area contributed by atoms with Gasteiger partial charge >= 0.3 is 0 Å². The minimum atomic E-state index is -3.26. The van der Waals surface area contributed by atoms with Gasteiger partial charge in [0.05, 0.1) is 10.6 Å². The molecule has 1 amide bonds. The molecular weight excluding hydrogens is 491 g/mol. The highest BCUT2D eigenvalue weighted by molar-refractivity contribution is 14.0. The number of amides is 1. The number of benzene rings is 1. The lowest BCUT2D eigenvalue weighted by Crippen LogP contribution is -2.45. The number of likely N-dealkylation sites (tertiary alicyclic amines) is 1. The molecule has 28 heavy (non-hydrogen) atoms. The van der Waals surface area contributed by atoms with Crippen LogP contribution in [0.4, 0.5) is 0 Å². The van der Waals surface area contributed by atoms with Crippen LogP contribution in [0.3, 0.4) is 0 Å². The highest BCUT2D eigenvalue weighted by Gasteiger charge is 2.27. The molecule has 1 heterocycles. The molecule has 7 nitrogen and oxygen atoms in total. The molecule has 1 saturated heterocycles. The SMILES string of the molecule is CN=C(NCCCS(=O)(=O)c1ccccc1)NC1CCN(C(=O)C(C)C)C1.I. The van der Waals surface area contributed by atoms with Crippen molar-refractivity contribution in [3.8, 4) is 0 Å². The van der Waals surface area contributed by atoms with E-state index in [1.54, 1.807) is 37.4 Å². The third kappa shape index (κ3) is 7.23. The Morgan fingerprint density at radius 3 is 2.57 bits per heavy atom. The zero-order chi connectivity index (χ0) is 19.9. The van der Waals surface area contributed by atoms with Crippen LogP contribution in [0.25, 0.3) is 0 Å². The predicted molar refractivity (Wildman–Crippen MR) is 123 cm³/mol. The number of sulfone groups is 1. The van der Waals surface area contributed by atoms with Crippen LogP contribution in [0.2, 0.25) is 0 Å². The van der Waals surface area contributed by atoms with E-state index in [-0.39, 0.29) is 47.6 Å². The average molecular weight is 522 g/mol. The molecule has 0 spiro atoms. The Balaban J connectivity index is 0.00000392. The predicted octanol–water partition coefficient (Wildman–Crippen LogP) is 1.89. The third-order valence-corrected chi connectivity index (χ3v) is 6.36. The van der Waals surface area contributed by atoms with E-state index >= 15 is 0 Å². The summed E-state index contributed by atoms with van der Waals surface area (Å²) in [5, 5.41) is 6.47. The Labute approximate surface area is 185 Å². The van der Waals surface area contributed by atoms with Crippen molar-refractivity contribution < 1.29 is 13.2 Å². The largest absolute Gasteiger partial charge is 0.356 e. The molecule has 0 aliphatic carbocycles. The van der Waals surface area contributed by atoms with E-state index < -0.39 is 9.84 Å². The Morgan fingerprint density at radius 2 is 1.96 bits per heavy atom. The minimum absolute atomic E-state index is 0. The molecule has 158 valence electrons. The molecule has 9 heteroatoms. The molecule has 1 aromatic rings. The van der Waals surface area contributed by atoms with Gasteiger partial charge in [-0.3, -0.25) is 9.79 Å². The first-order valence-corrected chi connectivity index (χ1v) is 11.0. The number of rotatable bonds is 7.